The lowest BCUT2D eigenvalue weighted by molar-refractivity contribution is 0.251. The van der Waals surface area contributed by atoms with Crippen molar-refractivity contribution in [1.29, 1.82) is 0 Å². The van der Waals surface area contributed by atoms with Crippen molar-refractivity contribution in [2.75, 3.05) is 18.2 Å². The number of hydrogen-bond donors (Lipinski definition) is 0. The number of thioether (sulfide) groups is 1. The van der Waals surface area contributed by atoms with E-state index in [1.54, 1.807) is 11.8 Å². The van der Waals surface area contributed by atoms with Gasteiger partial charge in [-0.25, -0.2) is 0 Å². The highest BCUT2D eigenvalue weighted by molar-refractivity contribution is 9.09. The van der Waals surface area contributed by atoms with Crippen LogP contribution in [0, 0.1) is 5.41 Å². The van der Waals surface area contributed by atoms with Gasteiger partial charge >= 0.3 is 0 Å². The molecule has 0 N–H and O–H groups in total. The van der Waals surface area contributed by atoms with Gasteiger partial charge in [0.25, 0.3) is 0 Å². The van der Waals surface area contributed by atoms with Gasteiger partial charge in [-0.05, 0) is 43.4 Å². The van der Waals surface area contributed by atoms with E-state index in [1.165, 1.54) is 17.7 Å². The normalized spacial score (nSPS) is 17.5. The van der Waals surface area contributed by atoms with Gasteiger partial charge in [0.2, 0.25) is 0 Å². The summed E-state index contributed by atoms with van der Waals surface area (Å²) in [6, 6.07) is 8.31. The van der Waals surface area contributed by atoms with Crippen LogP contribution in [0.4, 0.5) is 0 Å². The van der Waals surface area contributed by atoms with E-state index in [4.69, 9.17) is 4.74 Å². The van der Waals surface area contributed by atoms with Gasteiger partial charge in [-0.15, -0.1) is 11.8 Å². The standard InChI is InChI=1S/C12H15BrOS/c1-15-11-4-2-10(3-5-11)14-9-12(8-13)6-7-12/h2-5H,6-9H2,1H3. The molecule has 1 aliphatic rings. The third-order valence-electron chi connectivity index (χ3n) is 2.85. The first-order valence-electron chi connectivity index (χ1n) is 5.11. The fourth-order valence-electron chi connectivity index (χ4n) is 1.40. The monoisotopic (exact) mass is 286 g/mol. The molecule has 1 aromatic rings. The maximum Gasteiger partial charge on any atom is 0.119 e. The van der Waals surface area contributed by atoms with Crippen molar-refractivity contribution in [2.24, 2.45) is 5.41 Å². The van der Waals surface area contributed by atoms with E-state index in [2.05, 4.69) is 46.5 Å². The highest BCUT2D eigenvalue weighted by Gasteiger charge is 2.42. The lowest BCUT2D eigenvalue weighted by Crippen LogP contribution is -2.14. The zero-order valence-electron chi connectivity index (χ0n) is 8.83. The summed E-state index contributed by atoms with van der Waals surface area (Å²) in [5.41, 5.74) is 0.429. The molecule has 0 aliphatic heterocycles. The molecule has 0 spiro atoms. The van der Waals surface area contributed by atoms with Gasteiger partial charge in [0.1, 0.15) is 5.75 Å². The van der Waals surface area contributed by atoms with Crippen molar-refractivity contribution >= 4 is 27.7 Å². The second-order valence-electron chi connectivity index (χ2n) is 4.10. The molecule has 0 radical (unpaired) electrons. The van der Waals surface area contributed by atoms with Crippen LogP contribution < -0.4 is 4.74 Å². The minimum Gasteiger partial charge on any atom is -0.493 e. The summed E-state index contributed by atoms with van der Waals surface area (Å²) in [6.07, 6.45) is 4.67. The maximum absolute atomic E-state index is 5.78. The Morgan fingerprint density at radius 2 is 2.00 bits per heavy atom. The molecule has 3 heteroatoms. The van der Waals surface area contributed by atoms with Crippen LogP contribution in [-0.2, 0) is 0 Å². The van der Waals surface area contributed by atoms with Crippen molar-refractivity contribution in [3.05, 3.63) is 24.3 Å². The summed E-state index contributed by atoms with van der Waals surface area (Å²) < 4.78 is 5.78. The molecular formula is C12H15BrOS. The molecule has 0 bridgehead atoms. The van der Waals surface area contributed by atoms with Gasteiger partial charge < -0.3 is 4.74 Å². The minimum absolute atomic E-state index is 0.429. The summed E-state index contributed by atoms with van der Waals surface area (Å²) in [7, 11) is 0. The van der Waals surface area contributed by atoms with E-state index >= 15 is 0 Å². The second-order valence-corrected chi connectivity index (χ2v) is 5.54. The largest absolute Gasteiger partial charge is 0.493 e. The molecule has 0 heterocycles. The Kier molecular flexibility index (Phi) is 3.62. The Hall–Kier alpha value is -0.150. The number of ether oxygens (including phenoxy) is 1. The molecule has 0 atom stereocenters. The van der Waals surface area contributed by atoms with Gasteiger partial charge in [-0.3, -0.25) is 0 Å². The van der Waals surface area contributed by atoms with E-state index in [0.29, 0.717) is 5.41 Å². The SMILES string of the molecule is CSc1ccc(OCC2(CBr)CC2)cc1. The van der Waals surface area contributed by atoms with Crippen LogP contribution in [0.25, 0.3) is 0 Å². The van der Waals surface area contributed by atoms with Crippen LogP contribution in [0.5, 0.6) is 5.75 Å². The van der Waals surface area contributed by atoms with Crippen LogP contribution in [0.3, 0.4) is 0 Å². The van der Waals surface area contributed by atoms with Crippen LogP contribution in [0.2, 0.25) is 0 Å². The first-order chi connectivity index (χ1) is 7.28. The van der Waals surface area contributed by atoms with Gasteiger partial charge in [0, 0.05) is 15.6 Å². The minimum atomic E-state index is 0.429. The molecule has 0 saturated heterocycles. The number of benzene rings is 1. The zero-order valence-corrected chi connectivity index (χ0v) is 11.2. The molecular weight excluding hydrogens is 272 g/mol. The lowest BCUT2D eigenvalue weighted by Gasteiger charge is -2.13. The van der Waals surface area contributed by atoms with E-state index in [0.717, 1.165) is 17.7 Å². The topological polar surface area (TPSA) is 9.23 Å². The maximum atomic E-state index is 5.78. The van der Waals surface area contributed by atoms with Crippen molar-refractivity contribution in [2.45, 2.75) is 17.7 Å². The third kappa shape index (κ3) is 2.91. The van der Waals surface area contributed by atoms with E-state index in [-0.39, 0.29) is 0 Å². The number of hydrogen-bond acceptors (Lipinski definition) is 2. The molecule has 0 aromatic heterocycles. The molecule has 1 saturated carbocycles. The highest BCUT2D eigenvalue weighted by atomic mass is 79.9. The van der Waals surface area contributed by atoms with E-state index in [1.807, 2.05) is 0 Å². The summed E-state index contributed by atoms with van der Waals surface area (Å²) in [4.78, 5) is 1.28. The first kappa shape index (κ1) is 11.3. The van der Waals surface area contributed by atoms with Crippen molar-refractivity contribution < 1.29 is 4.74 Å². The Bertz CT molecular complexity index is 319. The average molecular weight is 287 g/mol. The van der Waals surface area contributed by atoms with Crippen molar-refractivity contribution in [3.63, 3.8) is 0 Å². The van der Waals surface area contributed by atoms with E-state index < -0.39 is 0 Å². The molecule has 1 fully saturated rings. The fourth-order valence-corrected chi connectivity index (χ4v) is 2.53. The molecule has 82 valence electrons. The Balaban J connectivity index is 1.88. The van der Waals surface area contributed by atoms with Gasteiger partial charge in [-0.2, -0.15) is 0 Å². The number of halogens is 1. The number of rotatable bonds is 5. The van der Waals surface area contributed by atoms with Crippen LogP contribution >= 0.6 is 27.7 Å². The highest BCUT2D eigenvalue weighted by Crippen LogP contribution is 2.47. The van der Waals surface area contributed by atoms with Crippen molar-refractivity contribution in [3.8, 4) is 5.75 Å². The second kappa shape index (κ2) is 4.79. The van der Waals surface area contributed by atoms with E-state index in [9.17, 15) is 0 Å². The molecule has 0 unspecified atom stereocenters. The Labute approximate surface area is 104 Å². The van der Waals surface area contributed by atoms with Gasteiger partial charge in [0.05, 0.1) is 6.61 Å². The molecule has 2 rings (SSSR count). The Morgan fingerprint density at radius 3 is 2.47 bits per heavy atom. The first-order valence-corrected chi connectivity index (χ1v) is 7.45. The van der Waals surface area contributed by atoms with Gasteiger partial charge in [0.15, 0.2) is 0 Å². The summed E-state index contributed by atoms with van der Waals surface area (Å²) in [5, 5.41) is 1.06. The van der Waals surface area contributed by atoms with Crippen LogP contribution in [-0.4, -0.2) is 18.2 Å². The number of alkyl halides is 1. The van der Waals surface area contributed by atoms with Crippen LogP contribution in [0.15, 0.2) is 29.2 Å². The van der Waals surface area contributed by atoms with Crippen molar-refractivity contribution in [1.82, 2.24) is 0 Å². The quantitative estimate of drug-likeness (QED) is 0.599. The summed E-state index contributed by atoms with van der Waals surface area (Å²) in [6.45, 7) is 0.844. The zero-order chi connectivity index (χ0) is 10.7. The molecule has 15 heavy (non-hydrogen) atoms. The average Bonchev–Trinajstić information content (AvgIpc) is 3.08. The van der Waals surface area contributed by atoms with Crippen LogP contribution in [0.1, 0.15) is 12.8 Å². The van der Waals surface area contributed by atoms with Gasteiger partial charge in [-0.1, -0.05) is 15.9 Å². The predicted molar refractivity (Wildman–Crippen MR) is 69.2 cm³/mol. The third-order valence-corrected chi connectivity index (χ3v) is 4.78. The lowest BCUT2D eigenvalue weighted by atomic mass is 10.2. The fraction of sp³-hybridized carbons (Fsp3) is 0.500. The smallest absolute Gasteiger partial charge is 0.119 e. The molecule has 1 aromatic carbocycles. The summed E-state index contributed by atoms with van der Waals surface area (Å²) >= 11 is 5.30. The molecule has 1 nitrogen and oxygen atoms in total. The Morgan fingerprint density at radius 1 is 1.33 bits per heavy atom. The summed E-state index contributed by atoms with van der Waals surface area (Å²) in [5.74, 6) is 0.986. The predicted octanol–water partition coefficient (Wildman–Crippen LogP) is 3.96. The molecule has 0 amide bonds. The molecule has 1 aliphatic carbocycles.